The van der Waals surface area contributed by atoms with Crippen LogP contribution in [0.2, 0.25) is 0 Å². The van der Waals surface area contributed by atoms with Crippen LogP contribution in [0.25, 0.3) is 0 Å². The predicted molar refractivity (Wildman–Crippen MR) is 208 cm³/mol. The van der Waals surface area contributed by atoms with E-state index in [1.54, 1.807) is 36.4 Å². The lowest BCUT2D eigenvalue weighted by molar-refractivity contribution is -0.384. The number of hydrogen-bond donors (Lipinski definition) is 4. The van der Waals surface area contributed by atoms with E-state index in [0.717, 1.165) is 55.0 Å². The van der Waals surface area contributed by atoms with Crippen molar-refractivity contribution in [1.29, 1.82) is 0 Å². The average molecular weight is 737 g/mol. The van der Waals surface area contributed by atoms with Crippen molar-refractivity contribution in [2.24, 2.45) is 0 Å². The number of ether oxygens (including phenoxy) is 2. The van der Waals surface area contributed by atoms with Crippen molar-refractivity contribution in [2.75, 3.05) is 54.0 Å². The number of non-ortho nitro benzene ring substituents is 1. The molecule has 2 aliphatic rings. The molecular formula is C41H48N6O7. The van der Waals surface area contributed by atoms with Crippen molar-refractivity contribution in [3.05, 3.63) is 124 Å². The summed E-state index contributed by atoms with van der Waals surface area (Å²) >= 11 is 0. The molecule has 0 radical (unpaired) electrons. The first-order valence-electron chi connectivity index (χ1n) is 18.5. The van der Waals surface area contributed by atoms with Gasteiger partial charge in [0.1, 0.15) is 0 Å². The second-order valence-corrected chi connectivity index (χ2v) is 13.8. The fraction of sp³-hybridized carbons (Fsp3) is 0.366. The zero-order valence-electron chi connectivity index (χ0n) is 30.3. The Bertz CT molecular complexity index is 1860. The van der Waals surface area contributed by atoms with Crippen LogP contribution in [0, 0.1) is 10.1 Å². The first-order valence-corrected chi connectivity index (χ1v) is 18.5. The Labute approximate surface area is 315 Å². The van der Waals surface area contributed by atoms with Crippen LogP contribution in [0.4, 0.5) is 28.4 Å². The quantitative estimate of drug-likeness (QED) is 0.0453. The maximum atomic E-state index is 12.9. The summed E-state index contributed by atoms with van der Waals surface area (Å²) in [6.45, 7) is 3.88. The van der Waals surface area contributed by atoms with Gasteiger partial charge in [0, 0.05) is 81.1 Å². The van der Waals surface area contributed by atoms with Crippen molar-refractivity contribution >= 4 is 40.3 Å². The number of nitrogen functional groups attached to an aromatic ring is 1. The summed E-state index contributed by atoms with van der Waals surface area (Å²) in [4.78, 5) is 40.5. The van der Waals surface area contributed by atoms with Gasteiger partial charge in [0.25, 0.3) is 5.69 Å². The van der Waals surface area contributed by atoms with Gasteiger partial charge in [-0.25, -0.2) is 0 Å². The molecule has 3 unspecified atom stereocenters. The summed E-state index contributed by atoms with van der Waals surface area (Å²) in [5, 5.41) is 26.5. The summed E-state index contributed by atoms with van der Waals surface area (Å²) in [6.07, 6.45) is 2.35. The van der Waals surface area contributed by atoms with E-state index in [1.165, 1.54) is 0 Å². The van der Waals surface area contributed by atoms with Gasteiger partial charge < -0.3 is 35.8 Å². The Morgan fingerprint density at radius 3 is 2.20 bits per heavy atom. The van der Waals surface area contributed by atoms with Gasteiger partial charge in [0.2, 0.25) is 11.8 Å². The summed E-state index contributed by atoms with van der Waals surface area (Å²) in [5.74, 6) is -0.207. The summed E-state index contributed by atoms with van der Waals surface area (Å²) in [5.41, 5.74) is 11.4. The molecule has 13 nitrogen and oxygen atoms in total. The normalized spacial score (nSPS) is 18.9. The van der Waals surface area contributed by atoms with E-state index in [0.29, 0.717) is 55.7 Å². The highest BCUT2D eigenvalue weighted by Gasteiger charge is 2.34. The molecule has 2 amide bonds. The third-order valence-electron chi connectivity index (χ3n) is 9.86. The van der Waals surface area contributed by atoms with Crippen LogP contribution in [0.3, 0.4) is 0 Å². The molecule has 2 saturated heterocycles. The van der Waals surface area contributed by atoms with Gasteiger partial charge in [-0.1, -0.05) is 55.0 Å². The van der Waals surface area contributed by atoms with Crippen molar-refractivity contribution < 1.29 is 29.1 Å². The first kappa shape index (κ1) is 38.4. The molecule has 13 heteroatoms. The largest absolute Gasteiger partial charge is 0.397 e. The van der Waals surface area contributed by atoms with E-state index in [-0.39, 0.29) is 41.2 Å². The van der Waals surface area contributed by atoms with Gasteiger partial charge in [-0.05, 0) is 60.4 Å². The second kappa shape index (κ2) is 18.6. The molecule has 0 bridgehead atoms. The topological polar surface area (TPSA) is 173 Å². The number of aliphatic hydroxyl groups excluding tert-OH is 1. The Hall–Kier alpha value is -5.34. The molecule has 0 spiro atoms. The van der Waals surface area contributed by atoms with Crippen molar-refractivity contribution in [3.8, 4) is 0 Å². The fourth-order valence-electron chi connectivity index (χ4n) is 6.85. The third-order valence-corrected chi connectivity index (χ3v) is 9.86. The van der Waals surface area contributed by atoms with E-state index in [1.807, 2.05) is 60.7 Å². The Balaban J connectivity index is 1.02. The molecule has 0 aliphatic carbocycles. The molecule has 6 rings (SSSR count). The molecule has 0 aromatic heterocycles. The van der Waals surface area contributed by atoms with Crippen LogP contribution in [-0.2, 0) is 25.7 Å². The molecule has 3 atom stereocenters. The highest BCUT2D eigenvalue weighted by Crippen LogP contribution is 2.39. The van der Waals surface area contributed by atoms with Gasteiger partial charge in [-0.3, -0.25) is 24.6 Å². The molecule has 2 aliphatic heterocycles. The zero-order valence-corrected chi connectivity index (χ0v) is 30.3. The Kier molecular flexibility index (Phi) is 13.2. The standard InChI is InChI=1S/C41H48N6O7/c42-36-9-4-5-10-37(36)44-40(50)12-3-1-2-11-39(49)43-32-8-6-7-31(25-32)41-53-35(26-38(54-41)30-15-13-29(28-48)14-16-30)27-45-21-23-46(24-22-45)33-17-19-34(20-18-33)47(51)52/h4-10,13-20,25,35,38,41,48H,1-3,11-12,21-24,26-28,42H2,(H,43,49)(H,44,50). The van der Waals surface area contributed by atoms with E-state index >= 15 is 0 Å². The average Bonchev–Trinajstić information content (AvgIpc) is 3.19. The van der Waals surface area contributed by atoms with E-state index < -0.39 is 6.29 Å². The van der Waals surface area contributed by atoms with Crippen molar-refractivity contribution in [1.82, 2.24) is 4.90 Å². The number of aliphatic hydroxyl groups is 1. The number of para-hydroxylation sites is 2. The number of nitro benzene ring substituents is 1. The summed E-state index contributed by atoms with van der Waals surface area (Å²) in [7, 11) is 0. The monoisotopic (exact) mass is 736 g/mol. The van der Waals surface area contributed by atoms with E-state index in [9.17, 15) is 24.8 Å². The lowest BCUT2D eigenvalue weighted by Crippen LogP contribution is -2.49. The number of nitro groups is 1. The minimum atomic E-state index is -0.665. The van der Waals surface area contributed by atoms with E-state index in [4.69, 9.17) is 15.2 Å². The van der Waals surface area contributed by atoms with Crippen LogP contribution in [0.15, 0.2) is 97.1 Å². The number of nitrogens with two attached hydrogens (primary N) is 1. The van der Waals surface area contributed by atoms with Gasteiger partial charge >= 0.3 is 0 Å². The highest BCUT2D eigenvalue weighted by atomic mass is 16.7. The van der Waals surface area contributed by atoms with Crippen LogP contribution >= 0.6 is 0 Å². The number of amides is 2. The molecule has 5 N–H and O–H groups in total. The lowest BCUT2D eigenvalue weighted by Gasteiger charge is -2.41. The molecule has 2 fully saturated rings. The number of hydrogen-bond acceptors (Lipinski definition) is 10. The molecule has 0 saturated carbocycles. The summed E-state index contributed by atoms with van der Waals surface area (Å²) in [6, 6.07) is 29.2. The molecular weight excluding hydrogens is 688 g/mol. The number of rotatable bonds is 15. The fourth-order valence-corrected chi connectivity index (χ4v) is 6.85. The first-order chi connectivity index (χ1) is 26.2. The van der Waals surface area contributed by atoms with E-state index in [2.05, 4.69) is 20.4 Å². The number of carbonyl (C=O) groups is 2. The molecule has 284 valence electrons. The van der Waals surface area contributed by atoms with Crippen molar-refractivity contribution in [2.45, 2.75) is 63.6 Å². The highest BCUT2D eigenvalue weighted by molar-refractivity contribution is 5.93. The van der Waals surface area contributed by atoms with Crippen LogP contribution in [-0.4, -0.2) is 65.6 Å². The minimum Gasteiger partial charge on any atom is -0.397 e. The predicted octanol–water partition coefficient (Wildman–Crippen LogP) is 6.56. The maximum Gasteiger partial charge on any atom is 0.269 e. The number of nitrogens with zero attached hydrogens (tertiary/aromatic N) is 3. The third kappa shape index (κ3) is 10.6. The summed E-state index contributed by atoms with van der Waals surface area (Å²) < 4.78 is 13.2. The van der Waals surface area contributed by atoms with Gasteiger partial charge in [0.15, 0.2) is 6.29 Å². The molecule has 2 heterocycles. The minimum absolute atomic E-state index is 0.0353. The number of anilines is 4. The smallest absolute Gasteiger partial charge is 0.269 e. The maximum absolute atomic E-state index is 12.9. The Morgan fingerprint density at radius 1 is 0.815 bits per heavy atom. The molecule has 4 aromatic rings. The number of nitrogens with one attached hydrogen (secondary N) is 2. The lowest BCUT2D eigenvalue weighted by atomic mass is 9.99. The van der Waals surface area contributed by atoms with Crippen LogP contribution in [0.5, 0.6) is 0 Å². The molecule has 54 heavy (non-hydrogen) atoms. The van der Waals surface area contributed by atoms with Crippen LogP contribution in [0.1, 0.15) is 67.6 Å². The van der Waals surface area contributed by atoms with Gasteiger partial charge in [0.05, 0.1) is 35.1 Å². The van der Waals surface area contributed by atoms with Crippen molar-refractivity contribution in [3.63, 3.8) is 0 Å². The SMILES string of the molecule is Nc1ccccc1NC(=O)CCCCCC(=O)Nc1cccc(C2OC(CN3CCN(c4ccc([N+](=O)[O-])cc4)CC3)CC(c3ccc(CO)cc3)O2)c1. The van der Waals surface area contributed by atoms with Crippen LogP contribution < -0.4 is 21.3 Å². The second-order valence-electron chi connectivity index (χ2n) is 13.8. The molecule has 4 aromatic carbocycles. The number of carbonyl (C=O) groups excluding carboxylic acids is 2. The van der Waals surface area contributed by atoms with Gasteiger partial charge in [-0.15, -0.1) is 0 Å². The number of unbranched alkanes of at least 4 members (excludes halogenated alkanes) is 2. The van der Waals surface area contributed by atoms with Gasteiger partial charge in [-0.2, -0.15) is 0 Å². The number of benzene rings is 4. The Morgan fingerprint density at radius 2 is 1.52 bits per heavy atom. The number of piperazine rings is 1. The zero-order chi connectivity index (χ0) is 37.9.